The van der Waals surface area contributed by atoms with E-state index in [1.165, 1.54) is 48.5 Å². The topological polar surface area (TPSA) is 92.1 Å². The lowest BCUT2D eigenvalue weighted by molar-refractivity contribution is -0.116. The van der Waals surface area contributed by atoms with Crippen LogP contribution < -0.4 is 16.1 Å². The SMILES string of the molecule is CN(CC(N)=O)c1cc2c(cc1F)c(=O)c(C#N)cn2Cc1ccc(C(C)(F)F)cc1. The Labute approximate surface area is 175 Å². The number of nitriles is 1. The molecular weight excluding hydrogens is 409 g/mol. The van der Waals surface area contributed by atoms with Crippen molar-refractivity contribution in [2.24, 2.45) is 5.73 Å². The van der Waals surface area contributed by atoms with Gasteiger partial charge in [-0.15, -0.1) is 0 Å². The highest BCUT2D eigenvalue weighted by atomic mass is 19.3. The Hall–Kier alpha value is -3.80. The number of carbonyl (C=O) groups is 1. The van der Waals surface area contributed by atoms with E-state index in [1.807, 2.05) is 0 Å². The van der Waals surface area contributed by atoms with Crippen LogP contribution in [0.2, 0.25) is 0 Å². The molecule has 0 spiro atoms. The fourth-order valence-electron chi connectivity index (χ4n) is 3.32. The Morgan fingerprint density at radius 1 is 1.26 bits per heavy atom. The molecular formula is C22H19F3N4O2. The van der Waals surface area contributed by atoms with E-state index in [0.717, 1.165) is 13.0 Å². The van der Waals surface area contributed by atoms with E-state index >= 15 is 0 Å². The monoisotopic (exact) mass is 428 g/mol. The summed E-state index contributed by atoms with van der Waals surface area (Å²) < 4.78 is 43.1. The molecule has 2 aromatic carbocycles. The molecule has 0 unspecified atom stereocenters. The first-order chi connectivity index (χ1) is 14.5. The third kappa shape index (κ3) is 4.53. The zero-order valence-corrected chi connectivity index (χ0v) is 16.8. The molecule has 1 aromatic heterocycles. The number of carbonyl (C=O) groups excluding carboxylic acids is 1. The smallest absolute Gasteiger partial charge is 0.270 e. The Bertz CT molecular complexity index is 1260. The summed E-state index contributed by atoms with van der Waals surface area (Å²) in [4.78, 5) is 25.1. The first kappa shape index (κ1) is 21.9. The Kier molecular flexibility index (Phi) is 5.75. The van der Waals surface area contributed by atoms with Crippen LogP contribution in [0.25, 0.3) is 10.9 Å². The largest absolute Gasteiger partial charge is 0.368 e. The average Bonchev–Trinajstić information content (AvgIpc) is 2.69. The van der Waals surface area contributed by atoms with Gasteiger partial charge in [-0.25, -0.2) is 13.2 Å². The van der Waals surface area contributed by atoms with Crippen LogP contribution in [-0.4, -0.2) is 24.1 Å². The highest BCUT2D eigenvalue weighted by Crippen LogP contribution is 2.28. The number of alkyl halides is 2. The number of rotatable bonds is 6. The summed E-state index contributed by atoms with van der Waals surface area (Å²) in [6, 6.07) is 9.85. The van der Waals surface area contributed by atoms with Crippen LogP contribution in [0.1, 0.15) is 23.6 Å². The maximum absolute atomic E-state index is 14.7. The first-order valence-corrected chi connectivity index (χ1v) is 9.24. The fraction of sp³-hybridized carbons (Fsp3) is 0.227. The normalized spacial score (nSPS) is 11.4. The molecule has 0 saturated carbocycles. The van der Waals surface area contributed by atoms with Gasteiger partial charge < -0.3 is 15.2 Å². The molecule has 0 atom stereocenters. The number of hydrogen-bond acceptors (Lipinski definition) is 4. The number of fused-ring (bicyclic) bond motifs is 1. The highest BCUT2D eigenvalue weighted by molar-refractivity contribution is 5.86. The van der Waals surface area contributed by atoms with Crippen LogP contribution in [-0.2, 0) is 17.3 Å². The summed E-state index contributed by atoms with van der Waals surface area (Å²) in [6.45, 7) is 0.705. The van der Waals surface area contributed by atoms with E-state index < -0.39 is 23.1 Å². The van der Waals surface area contributed by atoms with E-state index in [4.69, 9.17) is 5.73 Å². The van der Waals surface area contributed by atoms with Crippen molar-refractivity contribution in [1.29, 1.82) is 5.26 Å². The second-order valence-electron chi connectivity index (χ2n) is 7.34. The lowest BCUT2D eigenvalue weighted by Crippen LogP contribution is -2.31. The molecule has 0 aliphatic heterocycles. The molecule has 3 aromatic rings. The zero-order valence-electron chi connectivity index (χ0n) is 16.8. The molecule has 0 bridgehead atoms. The molecule has 0 fully saturated rings. The molecule has 9 heteroatoms. The summed E-state index contributed by atoms with van der Waals surface area (Å²) in [5.41, 5.74) is 5.24. The van der Waals surface area contributed by atoms with Crippen molar-refractivity contribution < 1.29 is 18.0 Å². The minimum absolute atomic E-state index is 0.00973. The van der Waals surface area contributed by atoms with Gasteiger partial charge in [-0.2, -0.15) is 5.26 Å². The molecule has 6 nitrogen and oxygen atoms in total. The number of benzene rings is 2. The predicted octanol–water partition coefficient (Wildman–Crippen LogP) is 3.09. The van der Waals surface area contributed by atoms with Crippen LogP contribution in [0.5, 0.6) is 0 Å². The van der Waals surface area contributed by atoms with Gasteiger partial charge in [-0.3, -0.25) is 9.59 Å². The fourth-order valence-corrected chi connectivity index (χ4v) is 3.32. The van der Waals surface area contributed by atoms with Gasteiger partial charge in [-0.05, 0) is 17.7 Å². The van der Waals surface area contributed by atoms with Crippen molar-refractivity contribution in [2.75, 3.05) is 18.5 Å². The molecule has 1 amide bonds. The maximum atomic E-state index is 14.7. The molecule has 0 radical (unpaired) electrons. The van der Waals surface area contributed by atoms with Crippen LogP contribution >= 0.6 is 0 Å². The Balaban J connectivity index is 2.15. The van der Waals surface area contributed by atoms with Gasteiger partial charge in [0, 0.05) is 32.3 Å². The molecule has 31 heavy (non-hydrogen) atoms. The minimum Gasteiger partial charge on any atom is -0.368 e. The molecule has 0 aliphatic rings. The number of aromatic nitrogens is 1. The van der Waals surface area contributed by atoms with Crippen LogP contribution in [0.15, 0.2) is 47.4 Å². The van der Waals surface area contributed by atoms with Crippen molar-refractivity contribution in [1.82, 2.24) is 4.57 Å². The zero-order chi connectivity index (χ0) is 22.9. The van der Waals surface area contributed by atoms with Crippen LogP contribution in [0.4, 0.5) is 18.9 Å². The Morgan fingerprint density at radius 2 is 1.90 bits per heavy atom. The first-order valence-electron chi connectivity index (χ1n) is 9.24. The summed E-state index contributed by atoms with van der Waals surface area (Å²) >= 11 is 0. The second kappa shape index (κ2) is 8.14. The summed E-state index contributed by atoms with van der Waals surface area (Å²) in [5.74, 6) is -4.38. The van der Waals surface area contributed by atoms with E-state index in [1.54, 1.807) is 10.6 Å². The maximum Gasteiger partial charge on any atom is 0.270 e. The molecule has 3 rings (SSSR count). The minimum atomic E-state index is -2.98. The quantitative estimate of drug-likeness (QED) is 0.653. The van der Waals surface area contributed by atoms with Gasteiger partial charge in [0.05, 0.1) is 23.1 Å². The summed E-state index contributed by atoms with van der Waals surface area (Å²) in [7, 11) is 1.48. The van der Waals surface area contributed by atoms with Crippen molar-refractivity contribution in [3.8, 4) is 6.07 Å². The average molecular weight is 428 g/mol. The molecule has 0 aliphatic carbocycles. The number of hydrogen-bond donors (Lipinski definition) is 1. The number of amides is 1. The van der Waals surface area contributed by atoms with Gasteiger partial charge in [0.15, 0.2) is 0 Å². The molecule has 160 valence electrons. The lowest BCUT2D eigenvalue weighted by Gasteiger charge is -2.20. The van der Waals surface area contributed by atoms with Gasteiger partial charge in [-0.1, -0.05) is 24.3 Å². The van der Waals surface area contributed by atoms with E-state index in [9.17, 15) is 28.0 Å². The number of primary amides is 1. The van der Waals surface area contributed by atoms with Gasteiger partial charge in [0.25, 0.3) is 5.92 Å². The van der Waals surface area contributed by atoms with Gasteiger partial charge >= 0.3 is 0 Å². The van der Waals surface area contributed by atoms with Gasteiger partial charge in [0.1, 0.15) is 17.4 Å². The van der Waals surface area contributed by atoms with Crippen molar-refractivity contribution in [2.45, 2.75) is 19.4 Å². The number of nitrogens with two attached hydrogens (primary N) is 1. The third-order valence-electron chi connectivity index (χ3n) is 4.89. The van der Waals surface area contributed by atoms with Crippen molar-refractivity contribution >= 4 is 22.5 Å². The number of halogens is 3. The standard InChI is InChI=1S/C22H19F3N4O2/c1-22(24,25)15-5-3-13(4-6-15)10-29-11-14(9-26)21(31)16-7-17(23)19(8-18(16)29)28(2)12-20(27)30/h3-8,11H,10,12H2,1-2H3,(H2,27,30). The molecule has 0 saturated heterocycles. The number of likely N-dealkylation sites (N-methyl/N-ethyl adjacent to an activating group) is 1. The Morgan fingerprint density at radius 3 is 2.45 bits per heavy atom. The van der Waals surface area contributed by atoms with E-state index in [0.29, 0.717) is 11.1 Å². The second-order valence-corrected chi connectivity index (χ2v) is 7.34. The van der Waals surface area contributed by atoms with E-state index in [-0.39, 0.29) is 35.3 Å². The third-order valence-corrected chi connectivity index (χ3v) is 4.89. The van der Waals surface area contributed by atoms with Crippen LogP contribution in [0.3, 0.4) is 0 Å². The van der Waals surface area contributed by atoms with Crippen molar-refractivity contribution in [3.63, 3.8) is 0 Å². The molecule has 2 N–H and O–H groups in total. The highest BCUT2D eigenvalue weighted by Gasteiger charge is 2.23. The number of nitrogens with zero attached hydrogens (tertiary/aromatic N) is 3. The summed E-state index contributed by atoms with van der Waals surface area (Å²) in [5, 5.41) is 9.30. The molecule has 1 heterocycles. The predicted molar refractivity (Wildman–Crippen MR) is 110 cm³/mol. The lowest BCUT2D eigenvalue weighted by atomic mass is 10.1. The summed E-state index contributed by atoms with van der Waals surface area (Å²) in [6.07, 6.45) is 1.34. The number of anilines is 1. The van der Waals surface area contributed by atoms with Gasteiger partial charge in [0.2, 0.25) is 11.3 Å². The van der Waals surface area contributed by atoms with E-state index in [2.05, 4.69) is 0 Å². The van der Waals surface area contributed by atoms with Crippen molar-refractivity contribution in [3.05, 3.63) is 75.3 Å². The van der Waals surface area contributed by atoms with Crippen LogP contribution in [0, 0.1) is 17.1 Å². The number of pyridine rings is 1.